The number of carboxylic acids is 1. The first kappa shape index (κ1) is 20.4. The Balaban J connectivity index is 2.44. The SMILES string of the molecule is CC(C)(F)CC(C(=O)O)n1cc(CCN2CCC2)c(C(F)(F)F)cc1=O. The van der Waals surface area contributed by atoms with E-state index in [4.69, 9.17) is 0 Å². The molecule has 1 fully saturated rings. The molecular weight excluding hydrogens is 356 g/mol. The van der Waals surface area contributed by atoms with E-state index in [0.29, 0.717) is 17.2 Å². The first-order valence-corrected chi connectivity index (χ1v) is 8.35. The van der Waals surface area contributed by atoms with Crippen LogP contribution in [0.3, 0.4) is 0 Å². The second kappa shape index (κ2) is 7.38. The fourth-order valence-corrected chi connectivity index (χ4v) is 2.95. The zero-order valence-electron chi connectivity index (χ0n) is 14.6. The van der Waals surface area contributed by atoms with Gasteiger partial charge in [0, 0.05) is 25.2 Å². The van der Waals surface area contributed by atoms with Gasteiger partial charge in [-0.25, -0.2) is 9.18 Å². The van der Waals surface area contributed by atoms with Crippen LogP contribution >= 0.6 is 0 Å². The maximum Gasteiger partial charge on any atom is 0.416 e. The molecule has 2 heterocycles. The number of carboxylic acid groups (broad SMARTS) is 1. The number of hydrogen-bond donors (Lipinski definition) is 1. The van der Waals surface area contributed by atoms with Crippen LogP contribution in [0.5, 0.6) is 0 Å². The first-order valence-electron chi connectivity index (χ1n) is 8.35. The van der Waals surface area contributed by atoms with E-state index in [1.165, 1.54) is 0 Å². The van der Waals surface area contributed by atoms with E-state index in [1.807, 2.05) is 4.90 Å². The molecule has 1 aliphatic rings. The van der Waals surface area contributed by atoms with Gasteiger partial charge in [0.15, 0.2) is 0 Å². The molecule has 0 aliphatic carbocycles. The van der Waals surface area contributed by atoms with Gasteiger partial charge in [0.05, 0.1) is 5.56 Å². The summed E-state index contributed by atoms with van der Waals surface area (Å²) in [6.45, 7) is 4.29. The Kier molecular flexibility index (Phi) is 5.79. The standard InChI is InChI=1S/C17H22F4N2O3/c1-16(2,18)9-13(15(25)26)23-10-11(4-7-22-5-3-6-22)12(8-14(23)24)17(19,20)21/h8,10,13H,3-7,9H2,1-2H3,(H,25,26). The molecule has 1 atom stereocenters. The molecule has 0 bridgehead atoms. The number of carbonyl (C=O) groups is 1. The number of nitrogens with zero attached hydrogens (tertiary/aromatic N) is 2. The first-order chi connectivity index (χ1) is 11.9. The molecule has 0 aromatic carbocycles. The summed E-state index contributed by atoms with van der Waals surface area (Å²) in [6.07, 6.45) is -3.31. The minimum Gasteiger partial charge on any atom is -0.480 e. The molecule has 146 valence electrons. The van der Waals surface area contributed by atoms with Gasteiger partial charge in [-0.05, 0) is 45.3 Å². The van der Waals surface area contributed by atoms with E-state index >= 15 is 0 Å². The highest BCUT2D eigenvalue weighted by Crippen LogP contribution is 2.32. The van der Waals surface area contributed by atoms with Crippen LogP contribution in [0.1, 0.15) is 43.9 Å². The maximum absolute atomic E-state index is 13.9. The smallest absolute Gasteiger partial charge is 0.416 e. The topological polar surface area (TPSA) is 62.5 Å². The van der Waals surface area contributed by atoms with Crippen molar-refractivity contribution in [1.82, 2.24) is 9.47 Å². The summed E-state index contributed by atoms with van der Waals surface area (Å²) in [4.78, 5) is 25.6. The highest BCUT2D eigenvalue weighted by molar-refractivity contribution is 5.72. The van der Waals surface area contributed by atoms with E-state index in [1.54, 1.807) is 0 Å². The van der Waals surface area contributed by atoms with Crippen LogP contribution in [-0.4, -0.2) is 45.8 Å². The van der Waals surface area contributed by atoms with Crippen LogP contribution < -0.4 is 5.56 Å². The second-order valence-electron chi connectivity index (χ2n) is 7.18. The van der Waals surface area contributed by atoms with Crippen LogP contribution in [0.15, 0.2) is 17.1 Å². The molecule has 1 saturated heterocycles. The quantitative estimate of drug-likeness (QED) is 0.741. The lowest BCUT2D eigenvalue weighted by atomic mass is 9.99. The van der Waals surface area contributed by atoms with Gasteiger partial charge in [-0.3, -0.25) is 4.79 Å². The zero-order chi connectivity index (χ0) is 19.7. The van der Waals surface area contributed by atoms with E-state index in [9.17, 15) is 32.3 Å². The predicted octanol–water partition coefficient (Wildman–Crippen LogP) is 2.88. The van der Waals surface area contributed by atoms with Crippen LogP contribution in [0, 0.1) is 0 Å². The van der Waals surface area contributed by atoms with Crippen molar-refractivity contribution < 1.29 is 27.5 Å². The minimum atomic E-state index is -4.72. The molecule has 0 spiro atoms. The van der Waals surface area contributed by atoms with E-state index in [2.05, 4.69) is 0 Å². The molecular formula is C17H22F4N2O3. The van der Waals surface area contributed by atoms with Crippen molar-refractivity contribution >= 4 is 5.97 Å². The molecule has 1 aromatic heterocycles. The predicted molar refractivity (Wildman–Crippen MR) is 86.9 cm³/mol. The number of hydrogen-bond acceptors (Lipinski definition) is 3. The number of aliphatic carboxylic acids is 1. The van der Waals surface area contributed by atoms with Crippen molar-refractivity contribution in [3.63, 3.8) is 0 Å². The summed E-state index contributed by atoms with van der Waals surface area (Å²) in [5, 5.41) is 9.34. The lowest BCUT2D eigenvalue weighted by Gasteiger charge is -2.31. The largest absolute Gasteiger partial charge is 0.480 e. The van der Waals surface area contributed by atoms with E-state index in [0.717, 1.165) is 39.6 Å². The normalized spacial score (nSPS) is 17.0. The van der Waals surface area contributed by atoms with Crippen molar-refractivity contribution in [2.75, 3.05) is 19.6 Å². The van der Waals surface area contributed by atoms with Crippen molar-refractivity contribution in [3.05, 3.63) is 33.7 Å². The third kappa shape index (κ3) is 5.06. The fraction of sp³-hybridized carbons (Fsp3) is 0.647. The fourth-order valence-electron chi connectivity index (χ4n) is 2.95. The summed E-state index contributed by atoms with van der Waals surface area (Å²) >= 11 is 0. The van der Waals surface area contributed by atoms with Gasteiger partial charge in [-0.2, -0.15) is 13.2 Å². The third-order valence-corrected chi connectivity index (χ3v) is 4.41. The number of aromatic nitrogens is 1. The summed E-state index contributed by atoms with van der Waals surface area (Å²) in [6, 6.07) is -1.17. The van der Waals surface area contributed by atoms with Crippen LogP contribution in [0.4, 0.5) is 17.6 Å². The Morgan fingerprint density at radius 3 is 2.31 bits per heavy atom. The lowest BCUT2D eigenvalue weighted by Crippen LogP contribution is -2.39. The molecule has 5 nitrogen and oxygen atoms in total. The highest BCUT2D eigenvalue weighted by Gasteiger charge is 2.36. The number of halogens is 4. The molecule has 1 unspecified atom stereocenters. The molecule has 0 amide bonds. The summed E-state index contributed by atoms with van der Waals surface area (Å²) in [5.74, 6) is -1.47. The number of pyridine rings is 1. The number of alkyl halides is 4. The maximum atomic E-state index is 13.9. The lowest BCUT2D eigenvalue weighted by molar-refractivity contribution is -0.142. The molecule has 0 radical (unpaired) electrons. The van der Waals surface area contributed by atoms with Crippen molar-refractivity contribution in [2.45, 2.75) is 51.0 Å². The van der Waals surface area contributed by atoms with Crippen molar-refractivity contribution in [1.29, 1.82) is 0 Å². The van der Waals surface area contributed by atoms with Crippen LogP contribution in [0.2, 0.25) is 0 Å². The molecule has 2 rings (SSSR count). The van der Waals surface area contributed by atoms with Gasteiger partial charge < -0.3 is 14.6 Å². The Labute approximate surface area is 148 Å². The molecule has 26 heavy (non-hydrogen) atoms. The van der Waals surface area contributed by atoms with Gasteiger partial charge in [0.1, 0.15) is 11.7 Å². The van der Waals surface area contributed by atoms with Gasteiger partial charge >= 0.3 is 12.1 Å². The third-order valence-electron chi connectivity index (χ3n) is 4.41. The van der Waals surface area contributed by atoms with E-state index in [-0.39, 0.29) is 12.0 Å². The van der Waals surface area contributed by atoms with E-state index < -0.39 is 41.4 Å². The monoisotopic (exact) mass is 378 g/mol. The number of rotatable bonds is 7. The van der Waals surface area contributed by atoms with Crippen molar-refractivity contribution in [3.8, 4) is 0 Å². The summed E-state index contributed by atoms with van der Waals surface area (Å²) in [7, 11) is 0. The molecule has 0 saturated carbocycles. The minimum absolute atomic E-state index is 0.0283. The van der Waals surface area contributed by atoms with Crippen LogP contribution in [0.25, 0.3) is 0 Å². The molecule has 1 aliphatic heterocycles. The average molecular weight is 378 g/mol. The van der Waals surface area contributed by atoms with Gasteiger partial charge in [-0.15, -0.1) is 0 Å². The Morgan fingerprint density at radius 1 is 1.27 bits per heavy atom. The van der Waals surface area contributed by atoms with Crippen molar-refractivity contribution in [2.24, 2.45) is 0 Å². The van der Waals surface area contributed by atoms with Gasteiger partial charge in [0.25, 0.3) is 5.56 Å². The molecule has 1 aromatic rings. The second-order valence-corrected chi connectivity index (χ2v) is 7.18. The summed E-state index contributed by atoms with van der Waals surface area (Å²) < 4.78 is 54.4. The number of likely N-dealkylation sites (tertiary alicyclic amines) is 1. The summed E-state index contributed by atoms with van der Waals surface area (Å²) in [5.41, 5.74) is -4.24. The Bertz CT molecular complexity index is 718. The zero-order valence-corrected chi connectivity index (χ0v) is 14.6. The van der Waals surface area contributed by atoms with Gasteiger partial charge in [-0.1, -0.05) is 0 Å². The Morgan fingerprint density at radius 2 is 1.88 bits per heavy atom. The highest BCUT2D eigenvalue weighted by atomic mass is 19.4. The van der Waals surface area contributed by atoms with Gasteiger partial charge in [0.2, 0.25) is 0 Å². The molecule has 1 N–H and O–H groups in total. The Hall–Kier alpha value is -1.90. The molecule has 9 heteroatoms. The van der Waals surface area contributed by atoms with Crippen LogP contribution in [-0.2, 0) is 17.4 Å². The average Bonchev–Trinajstić information content (AvgIpc) is 2.42.